The number of hydrogen-bond acceptors (Lipinski definition) is 3. The minimum absolute atomic E-state index is 0.416. The summed E-state index contributed by atoms with van der Waals surface area (Å²) in [5, 5.41) is 11.7. The smallest absolute Gasteiger partial charge is 0.320 e. The first-order chi connectivity index (χ1) is 6.72. The Morgan fingerprint density at radius 3 is 2.64 bits per heavy atom. The van der Waals surface area contributed by atoms with Crippen LogP contribution in [0.15, 0.2) is 0 Å². The van der Waals surface area contributed by atoms with Crippen LogP contribution in [-0.2, 0) is 9.53 Å². The minimum Gasteiger partial charge on any atom is -0.480 e. The van der Waals surface area contributed by atoms with Crippen molar-refractivity contribution in [3.8, 4) is 0 Å². The van der Waals surface area contributed by atoms with Gasteiger partial charge in [0.2, 0.25) is 0 Å². The van der Waals surface area contributed by atoms with Gasteiger partial charge >= 0.3 is 5.97 Å². The van der Waals surface area contributed by atoms with Gasteiger partial charge in [0.25, 0.3) is 0 Å². The zero-order valence-corrected chi connectivity index (χ0v) is 9.08. The molecule has 0 saturated heterocycles. The first-order valence-corrected chi connectivity index (χ1v) is 5.26. The van der Waals surface area contributed by atoms with Crippen molar-refractivity contribution in [1.82, 2.24) is 5.32 Å². The first kappa shape index (κ1) is 13.4. The van der Waals surface area contributed by atoms with Crippen LogP contribution in [0.1, 0.15) is 33.1 Å². The number of hydrogen-bond donors (Lipinski definition) is 2. The number of aliphatic carboxylic acids is 1. The summed E-state index contributed by atoms with van der Waals surface area (Å²) in [6.45, 7) is 6.12. The number of rotatable bonds is 9. The Morgan fingerprint density at radius 2 is 2.14 bits per heavy atom. The zero-order valence-electron chi connectivity index (χ0n) is 9.08. The molecular weight excluding hydrogens is 182 g/mol. The second-order valence-electron chi connectivity index (χ2n) is 3.22. The lowest BCUT2D eigenvalue weighted by atomic mass is 10.2. The van der Waals surface area contributed by atoms with E-state index in [4.69, 9.17) is 9.84 Å². The molecule has 1 atom stereocenters. The van der Waals surface area contributed by atoms with Gasteiger partial charge in [-0.2, -0.15) is 0 Å². The summed E-state index contributed by atoms with van der Waals surface area (Å²) in [7, 11) is 0. The molecule has 0 fully saturated rings. The maximum absolute atomic E-state index is 10.6. The predicted octanol–water partition coefficient (Wildman–Crippen LogP) is 1.26. The number of carboxylic acids is 1. The Morgan fingerprint density at radius 1 is 1.43 bits per heavy atom. The largest absolute Gasteiger partial charge is 0.480 e. The zero-order chi connectivity index (χ0) is 10.8. The van der Waals surface area contributed by atoms with Crippen molar-refractivity contribution in [3.63, 3.8) is 0 Å². The van der Waals surface area contributed by atoms with Crippen LogP contribution in [0.5, 0.6) is 0 Å². The van der Waals surface area contributed by atoms with Crippen molar-refractivity contribution >= 4 is 5.97 Å². The fourth-order valence-corrected chi connectivity index (χ4v) is 1.10. The standard InChI is InChI=1S/C10H21NO3/c1-3-7-14-8-5-6-11-9(4-2)10(12)13/h9,11H,3-8H2,1-2H3,(H,12,13). The molecule has 0 spiro atoms. The Kier molecular flexibility index (Phi) is 8.57. The highest BCUT2D eigenvalue weighted by Gasteiger charge is 2.12. The molecule has 84 valence electrons. The van der Waals surface area contributed by atoms with Crippen molar-refractivity contribution in [3.05, 3.63) is 0 Å². The van der Waals surface area contributed by atoms with E-state index in [0.717, 1.165) is 19.4 Å². The molecule has 4 nitrogen and oxygen atoms in total. The highest BCUT2D eigenvalue weighted by atomic mass is 16.5. The van der Waals surface area contributed by atoms with Gasteiger partial charge in [0, 0.05) is 13.2 Å². The van der Waals surface area contributed by atoms with Crippen LogP contribution < -0.4 is 5.32 Å². The molecule has 0 aromatic heterocycles. The Labute approximate surface area is 85.6 Å². The molecule has 0 radical (unpaired) electrons. The van der Waals surface area contributed by atoms with Gasteiger partial charge in [0.1, 0.15) is 6.04 Å². The molecule has 0 saturated carbocycles. The second-order valence-corrected chi connectivity index (χ2v) is 3.22. The maximum Gasteiger partial charge on any atom is 0.320 e. The lowest BCUT2D eigenvalue weighted by Crippen LogP contribution is -2.36. The minimum atomic E-state index is -0.776. The van der Waals surface area contributed by atoms with Gasteiger partial charge in [-0.3, -0.25) is 4.79 Å². The Hall–Kier alpha value is -0.610. The summed E-state index contributed by atoms with van der Waals surface area (Å²) in [6, 6.07) is -0.416. The van der Waals surface area contributed by atoms with Gasteiger partial charge in [-0.15, -0.1) is 0 Å². The van der Waals surface area contributed by atoms with E-state index in [2.05, 4.69) is 12.2 Å². The van der Waals surface area contributed by atoms with E-state index in [1.807, 2.05) is 6.92 Å². The van der Waals surface area contributed by atoms with Crippen LogP contribution in [-0.4, -0.2) is 36.9 Å². The first-order valence-electron chi connectivity index (χ1n) is 5.26. The quantitative estimate of drug-likeness (QED) is 0.554. The van der Waals surface area contributed by atoms with Crippen molar-refractivity contribution in [2.75, 3.05) is 19.8 Å². The molecule has 2 N–H and O–H groups in total. The van der Waals surface area contributed by atoms with Crippen LogP contribution in [0, 0.1) is 0 Å². The Bertz CT molecular complexity index is 150. The molecular formula is C10H21NO3. The van der Waals surface area contributed by atoms with E-state index in [-0.39, 0.29) is 0 Å². The number of ether oxygens (including phenoxy) is 1. The SMILES string of the molecule is CCCOCCCNC(CC)C(=O)O. The average molecular weight is 203 g/mol. The fraction of sp³-hybridized carbons (Fsp3) is 0.900. The topological polar surface area (TPSA) is 58.6 Å². The van der Waals surface area contributed by atoms with Gasteiger partial charge < -0.3 is 15.2 Å². The summed E-state index contributed by atoms with van der Waals surface area (Å²) >= 11 is 0. The van der Waals surface area contributed by atoms with Crippen molar-refractivity contribution in [2.45, 2.75) is 39.2 Å². The highest BCUT2D eigenvalue weighted by molar-refractivity contribution is 5.73. The predicted molar refractivity (Wildman–Crippen MR) is 55.4 cm³/mol. The van der Waals surface area contributed by atoms with Crippen LogP contribution in [0.25, 0.3) is 0 Å². The van der Waals surface area contributed by atoms with Gasteiger partial charge in [-0.25, -0.2) is 0 Å². The molecule has 0 aromatic rings. The number of nitrogens with one attached hydrogen (secondary N) is 1. The van der Waals surface area contributed by atoms with Crippen LogP contribution >= 0.6 is 0 Å². The lowest BCUT2D eigenvalue weighted by Gasteiger charge is -2.11. The van der Waals surface area contributed by atoms with Crippen molar-refractivity contribution in [2.24, 2.45) is 0 Å². The molecule has 4 heteroatoms. The molecule has 0 amide bonds. The highest BCUT2D eigenvalue weighted by Crippen LogP contribution is 1.91. The molecule has 1 unspecified atom stereocenters. The molecule has 0 aliphatic carbocycles. The number of carboxylic acid groups (broad SMARTS) is 1. The van der Waals surface area contributed by atoms with Gasteiger partial charge in [0.05, 0.1) is 0 Å². The average Bonchev–Trinajstić information content (AvgIpc) is 2.16. The van der Waals surface area contributed by atoms with Gasteiger partial charge in [0.15, 0.2) is 0 Å². The monoisotopic (exact) mass is 203 g/mol. The molecule has 0 aromatic carbocycles. The van der Waals surface area contributed by atoms with Crippen LogP contribution in [0.3, 0.4) is 0 Å². The van der Waals surface area contributed by atoms with Gasteiger partial charge in [-0.05, 0) is 25.8 Å². The van der Waals surface area contributed by atoms with E-state index in [1.54, 1.807) is 0 Å². The van der Waals surface area contributed by atoms with E-state index in [0.29, 0.717) is 19.6 Å². The van der Waals surface area contributed by atoms with Crippen molar-refractivity contribution in [1.29, 1.82) is 0 Å². The van der Waals surface area contributed by atoms with E-state index < -0.39 is 12.0 Å². The van der Waals surface area contributed by atoms with Gasteiger partial charge in [-0.1, -0.05) is 13.8 Å². The van der Waals surface area contributed by atoms with Crippen molar-refractivity contribution < 1.29 is 14.6 Å². The molecule has 0 bridgehead atoms. The molecule has 0 rings (SSSR count). The normalized spacial score (nSPS) is 12.7. The third-order valence-electron chi connectivity index (χ3n) is 1.91. The summed E-state index contributed by atoms with van der Waals surface area (Å²) < 4.78 is 5.27. The van der Waals surface area contributed by atoms with E-state index in [9.17, 15) is 4.79 Å². The summed E-state index contributed by atoms with van der Waals surface area (Å²) in [5.41, 5.74) is 0. The molecule has 0 aliphatic rings. The third kappa shape index (κ3) is 6.86. The summed E-state index contributed by atoms with van der Waals surface area (Å²) in [4.78, 5) is 10.6. The molecule has 0 heterocycles. The lowest BCUT2D eigenvalue weighted by molar-refractivity contribution is -0.139. The third-order valence-corrected chi connectivity index (χ3v) is 1.91. The second kappa shape index (κ2) is 8.97. The Balaban J connectivity index is 3.29. The fourth-order valence-electron chi connectivity index (χ4n) is 1.10. The molecule has 14 heavy (non-hydrogen) atoms. The van der Waals surface area contributed by atoms with Crippen LogP contribution in [0.4, 0.5) is 0 Å². The summed E-state index contributed by atoms with van der Waals surface area (Å²) in [5.74, 6) is -0.776. The maximum atomic E-state index is 10.6. The van der Waals surface area contributed by atoms with E-state index >= 15 is 0 Å². The summed E-state index contributed by atoms with van der Waals surface area (Å²) in [6.07, 6.45) is 2.51. The molecule has 0 aliphatic heterocycles. The van der Waals surface area contributed by atoms with Crippen LogP contribution in [0.2, 0.25) is 0 Å². The number of carbonyl (C=O) groups is 1. The van der Waals surface area contributed by atoms with E-state index in [1.165, 1.54) is 0 Å².